The molecular formula is C14H19NO2. The topological polar surface area (TPSA) is 38.3 Å². The number of hydrogen-bond donors (Lipinski definition) is 1. The number of rotatable bonds is 3. The molecule has 1 aromatic carbocycles. The molecule has 0 bridgehead atoms. The number of carbonyl (C=O) groups excluding carboxylic acids is 1. The molecule has 1 heterocycles. The molecule has 17 heavy (non-hydrogen) atoms. The Hall–Kier alpha value is -1.19. The highest BCUT2D eigenvalue weighted by molar-refractivity contribution is 5.59. The third kappa shape index (κ3) is 2.40. The van der Waals surface area contributed by atoms with E-state index in [9.17, 15) is 4.79 Å². The Balaban J connectivity index is 2.17. The van der Waals surface area contributed by atoms with E-state index >= 15 is 0 Å². The van der Waals surface area contributed by atoms with Crippen LogP contribution in [0.1, 0.15) is 31.9 Å². The predicted molar refractivity (Wildman–Crippen MR) is 66.8 cm³/mol. The molecule has 0 saturated carbocycles. The number of hydrogen-bond acceptors (Lipinski definition) is 3. The summed E-state index contributed by atoms with van der Waals surface area (Å²) in [5.41, 5.74) is 0.928. The third-order valence-electron chi connectivity index (χ3n) is 3.63. The molecule has 1 aromatic rings. The van der Waals surface area contributed by atoms with Crippen LogP contribution >= 0.6 is 0 Å². The predicted octanol–water partition coefficient (Wildman–Crippen LogP) is 2.08. The van der Waals surface area contributed by atoms with Gasteiger partial charge < -0.3 is 9.53 Å². The number of benzene rings is 1. The van der Waals surface area contributed by atoms with Crippen LogP contribution in [0, 0.1) is 0 Å². The van der Waals surface area contributed by atoms with Crippen LogP contribution in [0.2, 0.25) is 0 Å². The summed E-state index contributed by atoms with van der Waals surface area (Å²) in [5.74, 6) is 0. The molecule has 0 aliphatic carbocycles. The normalized spacial score (nSPS) is 33.3. The van der Waals surface area contributed by atoms with Crippen molar-refractivity contribution in [2.45, 2.75) is 38.0 Å². The summed E-state index contributed by atoms with van der Waals surface area (Å²) in [6.07, 6.45) is 1.41. The third-order valence-corrected chi connectivity index (χ3v) is 3.63. The summed E-state index contributed by atoms with van der Waals surface area (Å²) in [6, 6.07) is 10.4. The van der Waals surface area contributed by atoms with E-state index in [0.29, 0.717) is 6.61 Å². The lowest BCUT2D eigenvalue weighted by molar-refractivity contribution is -0.131. The molecule has 0 amide bonds. The van der Waals surface area contributed by atoms with Gasteiger partial charge in [-0.2, -0.15) is 0 Å². The first-order chi connectivity index (χ1) is 8.19. The number of nitrogens with one attached hydrogen (secondary N) is 1. The van der Waals surface area contributed by atoms with Gasteiger partial charge in [0.2, 0.25) is 0 Å². The summed E-state index contributed by atoms with van der Waals surface area (Å²) >= 11 is 0. The van der Waals surface area contributed by atoms with Crippen molar-refractivity contribution in [2.75, 3.05) is 6.61 Å². The molecule has 0 aromatic heterocycles. The van der Waals surface area contributed by atoms with Crippen LogP contribution in [0.4, 0.5) is 0 Å². The highest BCUT2D eigenvalue weighted by atomic mass is 16.5. The van der Waals surface area contributed by atoms with E-state index in [4.69, 9.17) is 4.74 Å². The van der Waals surface area contributed by atoms with Gasteiger partial charge in [0.15, 0.2) is 6.29 Å². The first-order valence-electron chi connectivity index (χ1n) is 6.09. The Morgan fingerprint density at radius 3 is 2.76 bits per heavy atom. The van der Waals surface area contributed by atoms with E-state index < -0.39 is 0 Å². The Morgan fingerprint density at radius 2 is 2.18 bits per heavy atom. The van der Waals surface area contributed by atoms with E-state index in [-0.39, 0.29) is 17.7 Å². The van der Waals surface area contributed by atoms with Gasteiger partial charge in [0, 0.05) is 5.54 Å². The Bertz CT molecular complexity index is 379. The molecule has 1 N–H and O–H groups in total. The standard InChI is InChI=1S/C14H19NO2/c1-3-14(2)13(9-16)17-10-12(15-14)11-7-5-4-6-8-11/h4-9,12-13,15H,3,10H2,1-2H3/t12-,13?,14+/m0/s1. The van der Waals surface area contributed by atoms with Crippen LogP contribution in [0.5, 0.6) is 0 Å². The molecule has 3 atom stereocenters. The van der Waals surface area contributed by atoms with Gasteiger partial charge in [-0.25, -0.2) is 0 Å². The fraction of sp³-hybridized carbons (Fsp3) is 0.500. The summed E-state index contributed by atoms with van der Waals surface area (Å²) in [4.78, 5) is 11.0. The zero-order valence-corrected chi connectivity index (χ0v) is 10.3. The SMILES string of the molecule is CC[C@@]1(C)N[C@H](c2ccccc2)COC1C=O. The zero-order valence-electron chi connectivity index (χ0n) is 10.3. The fourth-order valence-corrected chi connectivity index (χ4v) is 2.26. The van der Waals surface area contributed by atoms with Crippen LogP contribution in [0.15, 0.2) is 30.3 Å². The quantitative estimate of drug-likeness (QED) is 0.812. The lowest BCUT2D eigenvalue weighted by atomic mass is 9.88. The minimum absolute atomic E-state index is 0.164. The van der Waals surface area contributed by atoms with Crippen LogP contribution in [-0.2, 0) is 9.53 Å². The van der Waals surface area contributed by atoms with E-state index in [1.807, 2.05) is 25.1 Å². The maximum absolute atomic E-state index is 11.0. The summed E-state index contributed by atoms with van der Waals surface area (Å²) in [6.45, 7) is 4.66. The van der Waals surface area contributed by atoms with Gasteiger partial charge in [-0.05, 0) is 18.9 Å². The van der Waals surface area contributed by atoms with E-state index in [1.165, 1.54) is 5.56 Å². The summed E-state index contributed by atoms with van der Waals surface area (Å²) < 4.78 is 5.67. The maximum Gasteiger partial charge on any atom is 0.150 e. The number of carbonyl (C=O) groups is 1. The molecular weight excluding hydrogens is 214 g/mol. The molecule has 3 nitrogen and oxygen atoms in total. The minimum atomic E-state index is -0.354. The average molecular weight is 233 g/mol. The second kappa shape index (κ2) is 4.98. The molecule has 0 radical (unpaired) electrons. The molecule has 1 unspecified atom stereocenters. The molecule has 92 valence electrons. The Labute approximate surface area is 102 Å². The van der Waals surface area contributed by atoms with Gasteiger partial charge in [0.25, 0.3) is 0 Å². The van der Waals surface area contributed by atoms with E-state index in [2.05, 4.69) is 24.4 Å². The van der Waals surface area contributed by atoms with Crippen LogP contribution in [-0.4, -0.2) is 24.5 Å². The highest BCUT2D eigenvalue weighted by Gasteiger charge is 2.39. The largest absolute Gasteiger partial charge is 0.367 e. The zero-order chi connectivity index (χ0) is 12.3. The number of ether oxygens (including phenoxy) is 1. The van der Waals surface area contributed by atoms with Gasteiger partial charge in [0.05, 0.1) is 12.6 Å². The molecule has 1 saturated heterocycles. The van der Waals surface area contributed by atoms with E-state index in [1.54, 1.807) is 0 Å². The average Bonchev–Trinajstić information content (AvgIpc) is 2.39. The minimum Gasteiger partial charge on any atom is -0.367 e. The van der Waals surface area contributed by atoms with Crippen molar-refractivity contribution >= 4 is 6.29 Å². The van der Waals surface area contributed by atoms with Crippen molar-refractivity contribution in [3.05, 3.63) is 35.9 Å². The second-order valence-electron chi connectivity index (χ2n) is 4.77. The van der Waals surface area contributed by atoms with Crippen LogP contribution in [0.3, 0.4) is 0 Å². The van der Waals surface area contributed by atoms with Crippen molar-refractivity contribution in [1.29, 1.82) is 0 Å². The van der Waals surface area contributed by atoms with Crippen LogP contribution in [0.25, 0.3) is 0 Å². The molecule has 1 aliphatic heterocycles. The first kappa shape index (κ1) is 12.3. The van der Waals surface area contributed by atoms with Crippen molar-refractivity contribution in [3.8, 4) is 0 Å². The molecule has 2 rings (SSSR count). The van der Waals surface area contributed by atoms with Gasteiger partial charge in [-0.15, -0.1) is 0 Å². The number of morpholine rings is 1. The Kier molecular flexibility index (Phi) is 3.60. The fourth-order valence-electron chi connectivity index (χ4n) is 2.26. The second-order valence-corrected chi connectivity index (χ2v) is 4.77. The molecule has 0 spiro atoms. The lowest BCUT2D eigenvalue weighted by Gasteiger charge is -2.43. The lowest BCUT2D eigenvalue weighted by Crippen LogP contribution is -2.59. The van der Waals surface area contributed by atoms with Gasteiger partial charge in [-0.3, -0.25) is 5.32 Å². The van der Waals surface area contributed by atoms with Gasteiger partial charge >= 0.3 is 0 Å². The number of aldehydes is 1. The van der Waals surface area contributed by atoms with Gasteiger partial charge in [0.1, 0.15) is 6.10 Å². The van der Waals surface area contributed by atoms with Crippen molar-refractivity contribution in [3.63, 3.8) is 0 Å². The summed E-state index contributed by atoms with van der Waals surface area (Å²) in [5, 5.41) is 3.54. The van der Waals surface area contributed by atoms with Crippen LogP contribution < -0.4 is 5.32 Å². The summed E-state index contributed by atoms with van der Waals surface area (Å²) in [7, 11) is 0. The first-order valence-corrected chi connectivity index (χ1v) is 6.09. The molecule has 1 aliphatic rings. The highest BCUT2D eigenvalue weighted by Crippen LogP contribution is 2.28. The molecule has 3 heteroatoms. The maximum atomic E-state index is 11.0. The van der Waals surface area contributed by atoms with E-state index in [0.717, 1.165) is 12.7 Å². The van der Waals surface area contributed by atoms with Gasteiger partial charge in [-0.1, -0.05) is 37.3 Å². The van der Waals surface area contributed by atoms with Crippen molar-refractivity contribution in [2.24, 2.45) is 0 Å². The molecule has 1 fully saturated rings. The monoisotopic (exact) mass is 233 g/mol. The smallest absolute Gasteiger partial charge is 0.150 e. The van der Waals surface area contributed by atoms with Crippen molar-refractivity contribution in [1.82, 2.24) is 5.32 Å². The van der Waals surface area contributed by atoms with Crippen molar-refractivity contribution < 1.29 is 9.53 Å². The Morgan fingerprint density at radius 1 is 1.47 bits per heavy atom.